The van der Waals surface area contributed by atoms with Gasteiger partial charge in [0.1, 0.15) is 25.4 Å². The van der Waals surface area contributed by atoms with Gasteiger partial charge in [-0.15, -0.1) is 0 Å². The third-order valence-corrected chi connectivity index (χ3v) is 3.27. The Balaban J connectivity index is 3.14. The standard InChI is InChI=1S/C14H20NO8/c1-7(16)14(20)6-22-11(5-21-9(3)18)12(23-10(4)19)13(14)15-8(2)17/h6,11-13,20H,5H2,1-4H3,(H,15,17)/t11-,12-,13+,14-/m1/s1. The summed E-state index contributed by atoms with van der Waals surface area (Å²) in [5, 5.41) is 12.9. The smallest absolute Gasteiger partial charge is 0.303 e. The van der Waals surface area contributed by atoms with Crippen molar-refractivity contribution < 1.29 is 38.5 Å². The number of rotatable bonds is 5. The summed E-state index contributed by atoms with van der Waals surface area (Å²) in [5.41, 5.74) is -2.18. The number of hydrogen-bond donors (Lipinski definition) is 2. The number of carbonyl (C=O) groups excluding carboxylic acids is 4. The Morgan fingerprint density at radius 1 is 1.17 bits per heavy atom. The van der Waals surface area contributed by atoms with E-state index in [-0.39, 0.29) is 6.61 Å². The van der Waals surface area contributed by atoms with E-state index < -0.39 is 47.5 Å². The van der Waals surface area contributed by atoms with E-state index in [9.17, 15) is 24.3 Å². The van der Waals surface area contributed by atoms with Crippen LogP contribution in [-0.2, 0) is 33.4 Å². The molecule has 1 saturated heterocycles. The van der Waals surface area contributed by atoms with Crippen molar-refractivity contribution >= 4 is 23.6 Å². The van der Waals surface area contributed by atoms with Gasteiger partial charge in [-0.1, -0.05) is 0 Å². The predicted octanol–water partition coefficient (Wildman–Crippen LogP) is -1.13. The monoisotopic (exact) mass is 330 g/mol. The Bertz CT molecular complexity index is 505. The van der Waals surface area contributed by atoms with Gasteiger partial charge in [-0.2, -0.15) is 0 Å². The molecule has 4 atom stereocenters. The minimum Gasteiger partial charge on any atom is -0.463 e. The van der Waals surface area contributed by atoms with Crippen molar-refractivity contribution in [1.29, 1.82) is 0 Å². The normalized spacial score (nSPS) is 30.2. The van der Waals surface area contributed by atoms with Crippen LogP contribution in [0, 0.1) is 6.61 Å². The van der Waals surface area contributed by atoms with Crippen LogP contribution < -0.4 is 5.32 Å². The SMILES string of the molecule is CC(=O)N[C@H]1[C@H](OC(C)=O)[C@@H](COC(C)=O)O[CH][C@@]1(O)C(C)=O. The third kappa shape index (κ3) is 4.73. The van der Waals surface area contributed by atoms with Crippen molar-refractivity contribution in [2.75, 3.05) is 6.61 Å². The summed E-state index contributed by atoms with van der Waals surface area (Å²) < 4.78 is 15.1. The van der Waals surface area contributed by atoms with Crippen LogP contribution in [0.25, 0.3) is 0 Å². The molecule has 0 aromatic heterocycles. The maximum atomic E-state index is 11.8. The van der Waals surface area contributed by atoms with Gasteiger partial charge in [0.05, 0.1) is 0 Å². The van der Waals surface area contributed by atoms with E-state index in [0.29, 0.717) is 0 Å². The molecule has 0 bridgehead atoms. The minimum atomic E-state index is -2.18. The molecule has 9 heteroatoms. The van der Waals surface area contributed by atoms with Crippen LogP contribution in [0.4, 0.5) is 0 Å². The highest BCUT2D eigenvalue weighted by Gasteiger charge is 2.55. The second-order valence-electron chi connectivity index (χ2n) is 5.23. The van der Waals surface area contributed by atoms with Crippen LogP contribution in [0.2, 0.25) is 0 Å². The summed E-state index contributed by atoms with van der Waals surface area (Å²) in [6.07, 6.45) is -2.21. The second-order valence-corrected chi connectivity index (χ2v) is 5.23. The zero-order chi connectivity index (χ0) is 17.8. The number of ether oxygens (including phenoxy) is 3. The number of hydrogen-bond acceptors (Lipinski definition) is 8. The number of esters is 2. The summed E-state index contributed by atoms with van der Waals surface area (Å²) in [4.78, 5) is 45.5. The zero-order valence-electron chi connectivity index (χ0n) is 13.3. The van der Waals surface area contributed by atoms with Gasteiger partial charge in [-0.25, -0.2) is 0 Å². The molecule has 23 heavy (non-hydrogen) atoms. The fourth-order valence-electron chi connectivity index (χ4n) is 2.19. The predicted molar refractivity (Wildman–Crippen MR) is 74.6 cm³/mol. The van der Waals surface area contributed by atoms with E-state index in [0.717, 1.165) is 20.5 Å². The lowest BCUT2D eigenvalue weighted by Gasteiger charge is -2.45. The Kier molecular flexibility index (Phi) is 6.22. The number of ketones is 1. The van der Waals surface area contributed by atoms with Crippen molar-refractivity contribution in [3.63, 3.8) is 0 Å². The number of aliphatic hydroxyl groups is 1. The van der Waals surface area contributed by atoms with Crippen LogP contribution >= 0.6 is 0 Å². The largest absolute Gasteiger partial charge is 0.463 e. The van der Waals surface area contributed by atoms with Crippen molar-refractivity contribution in [3.05, 3.63) is 6.61 Å². The number of Topliss-reactive ketones (excluding diaryl/α,β-unsaturated/α-hetero) is 1. The van der Waals surface area contributed by atoms with E-state index in [2.05, 4.69) is 5.32 Å². The van der Waals surface area contributed by atoms with Gasteiger partial charge in [0.25, 0.3) is 0 Å². The van der Waals surface area contributed by atoms with Gasteiger partial charge in [-0.3, -0.25) is 19.2 Å². The molecule has 0 saturated carbocycles. The van der Waals surface area contributed by atoms with Crippen molar-refractivity contribution in [1.82, 2.24) is 5.32 Å². The summed E-state index contributed by atoms with van der Waals surface area (Å²) in [5.74, 6) is -2.55. The van der Waals surface area contributed by atoms with E-state index in [1.165, 1.54) is 13.8 Å². The lowest BCUT2D eigenvalue weighted by molar-refractivity contribution is -0.197. The van der Waals surface area contributed by atoms with Crippen LogP contribution in [-0.4, -0.2) is 59.2 Å². The number of carbonyl (C=O) groups is 4. The van der Waals surface area contributed by atoms with Gasteiger partial charge in [-0.05, 0) is 6.92 Å². The molecule has 1 heterocycles. The number of amides is 1. The van der Waals surface area contributed by atoms with E-state index in [4.69, 9.17) is 14.2 Å². The Labute approximate surface area is 133 Å². The maximum Gasteiger partial charge on any atom is 0.303 e. The fraction of sp³-hybridized carbons (Fsp3) is 0.643. The Hall–Kier alpha value is -2.00. The van der Waals surface area contributed by atoms with Gasteiger partial charge >= 0.3 is 11.9 Å². The molecule has 0 aromatic rings. The molecule has 2 N–H and O–H groups in total. The lowest BCUT2D eigenvalue weighted by Crippen LogP contribution is -2.69. The van der Waals surface area contributed by atoms with Crippen molar-refractivity contribution in [2.45, 2.75) is 51.5 Å². The van der Waals surface area contributed by atoms with E-state index in [1.807, 2.05) is 0 Å². The minimum absolute atomic E-state index is 0.284. The molecule has 0 spiro atoms. The average Bonchev–Trinajstić information content (AvgIpc) is 2.40. The first kappa shape index (κ1) is 19.0. The first-order valence-electron chi connectivity index (χ1n) is 6.89. The molecule has 0 aliphatic carbocycles. The Morgan fingerprint density at radius 2 is 1.78 bits per heavy atom. The molecular weight excluding hydrogens is 310 g/mol. The molecule has 0 unspecified atom stereocenters. The molecule has 1 amide bonds. The molecule has 1 fully saturated rings. The molecule has 1 rings (SSSR count). The first-order valence-corrected chi connectivity index (χ1v) is 6.89. The van der Waals surface area contributed by atoms with Gasteiger partial charge in [0, 0.05) is 20.8 Å². The fourth-order valence-corrected chi connectivity index (χ4v) is 2.19. The quantitative estimate of drug-likeness (QED) is 0.606. The topological polar surface area (TPSA) is 128 Å². The lowest BCUT2D eigenvalue weighted by atomic mass is 9.82. The molecule has 1 aliphatic rings. The number of nitrogens with one attached hydrogen (secondary N) is 1. The van der Waals surface area contributed by atoms with Gasteiger partial charge < -0.3 is 24.6 Å². The highest BCUT2D eigenvalue weighted by molar-refractivity contribution is 5.88. The molecular formula is C14H20NO8. The van der Waals surface area contributed by atoms with Gasteiger partial charge in [0.15, 0.2) is 17.5 Å². The summed E-state index contributed by atoms with van der Waals surface area (Å²) >= 11 is 0. The molecule has 9 nitrogen and oxygen atoms in total. The van der Waals surface area contributed by atoms with Crippen LogP contribution in [0.1, 0.15) is 27.7 Å². The summed E-state index contributed by atoms with van der Waals surface area (Å²) in [6, 6.07) is -1.28. The maximum absolute atomic E-state index is 11.8. The first-order chi connectivity index (χ1) is 10.6. The summed E-state index contributed by atoms with van der Waals surface area (Å²) in [6.45, 7) is 5.16. The molecule has 1 radical (unpaired) electrons. The third-order valence-electron chi connectivity index (χ3n) is 3.27. The van der Waals surface area contributed by atoms with Crippen molar-refractivity contribution in [2.24, 2.45) is 0 Å². The van der Waals surface area contributed by atoms with E-state index >= 15 is 0 Å². The zero-order valence-corrected chi connectivity index (χ0v) is 13.3. The van der Waals surface area contributed by atoms with Gasteiger partial charge in [0.2, 0.25) is 5.91 Å². The molecule has 129 valence electrons. The summed E-state index contributed by atoms with van der Waals surface area (Å²) in [7, 11) is 0. The highest BCUT2D eigenvalue weighted by atomic mass is 16.6. The van der Waals surface area contributed by atoms with Crippen LogP contribution in [0.5, 0.6) is 0 Å². The highest BCUT2D eigenvalue weighted by Crippen LogP contribution is 2.30. The average molecular weight is 330 g/mol. The second kappa shape index (κ2) is 7.51. The molecule has 1 aliphatic heterocycles. The van der Waals surface area contributed by atoms with Crippen LogP contribution in [0.3, 0.4) is 0 Å². The molecule has 0 aromatic carbocycles. The Morgan fingerprint density at radius 3 is 2.22 bits per heavy atom. The van der Waals surface area contributed by atoms with Crippen molar-refractivity contribution in [3.8, 4) is 0 Å². The van der Waals surface area contributed by atoms with Crippen LogP contribution in [0.15, 0.2) is 0 Å². The van der Waals surface area contributed by atoms with E-state index in [1.54, 1.807) is 0 Å².